The summed E-state index contributed by atoms with van der Waals surface area (Å²) in [5.41, 5.74) is 0. The molecule has 0 amide bonds. The maximum Gasteiger partial charge on any atom is 0.241 e. The Bertz CT molecular complexity index is 804. The second kappa shape index (κ2) is 6.37. The summed E-state index contributed by atoms with van der Waals surface area (Å²) in [5.74, 6) is 0.910. The number of sulfonamides is 1. The summed E-state index contributed by atoms with van der Waals surface area (Å²) in [5, 5.41) is 8.32. The molecule has 1 N–H and O–H groups in total. The third-order valence-corrected chi connectivity index (χ3v) is 5.50. The normalized spacial score (nSPS) is 16.6. The lowest BCUT2D eigenvalue weighted by atomic mass is 10.2. The second-order valence-corrected chi connectivity index (χ2v) is 7.45. The van der Waals surface area contributed by atoms with Crippen LogP contribution in [-0.2, 0) is 23.0 Å². The van der Waals surface area contributed by atoms with Crippen molar-refractivity contribution in [2.24, 2.45) is 0 Å². The Hall–Kier alpha value is -1.80. The molecule has 1 aromatic heterocycles. The number of aromatic nitrogens is 3. The highest BCUT2D eigenvalue weighted by atomic mass is 32.2. The molecule has 0 unspecified atom stereocenters. The van der Waals surface area contributed by atoms with E-state index >= 15 is 0 Å². The zero-order valence-electron chi connectivity index (χ0n) is 12.9. The van der Waals surface area contributed by atoms with Crippen molar-refractivity contribution < 1.29 is 12.8 Å². The number of hydrogen-bond acceptors (Lipinski definition) is 4. The predicted octanol–water partition coefficient (Wildman–Crippen LogP) is 2.18. The number of hydrogen-bond donors (Lipinski definition) is 1. The van der Waals surface area contributed by atoms with Crippen molar-refractivity contribution in [1.82, 2.24) is 19.5 Å². The Kier molecular flexibility index (Phi) is 4.45. The second-order valence-electron chi connectivity index (χ2n) is 5.74. The molecule has 0 spiro atoms. The number of rotatable bonds is 4. The van der Waals surface area contributed by atoms with E-state index in [0.29, 0.717) is 5.82 Å². The van der Waals surface area contributed by atoms with Crippen LogP contribution in [0.4, 0.5) is 4.39 Å². The van der Waals surface area contributed by atoms with Gasteiger partial charge in [0.2, 0.25) is 10.0 Å². The lowest BCUT2D eigenvalue weighted by Gasteiger charge is -2.15. The molecule has 3 rings (SSSR count). The topological polar surface area (TPSA) is 76.9 Å². The van der Waals surface area contributed by atoms with E-state index in [4.69, 9.17) is 0 Å². The lowest BCUT2D eigenvalue weighted by molar-refractivity contribution is 0.533. The van der Waals surface area contributed by atoms with Crippen LogP contribution < -0.4 is 4.72 Å². The highest BCUT2D eigenvalue weighted by Gasteiger charge is 2.24. The first-order valence-corrected chi connectivity index (χ1v) is 9.15. The van der Waals surface area contributed by atoms with Crippen LogP contribution in [0, 0.1) is 5.82 Å². The third kappa shape index (κ3) is 3.42. The fourth-order valence-electron chi connectivity index (χ4n) is 2.82. The summed E-state index contributed by atoms with van der Waals surface area (Å²) in [6.07, 6.45) is 4.09. The van der Waals surface area contributed by atoms with Crippen molar-refractivity contribution in [3.8, 4) is 0 Å². The number of nitrogens with zero attached hydrogens (tertiary/aromatic N) is 3. The molecule has 1 aliphatic heterocycles. The molecule has 0 saturated carbocycles. The Morgan fingerprint density at radius 1 is 1.26 bits per heavy atom. The van der Waals surface area contributed by atoms with Crippen molar-refractivity contribution in [2.45, 2.75) is 50.1 Å². The third-order valence-electron chi connectivity index (χ3n) is 3.96. The van der Waals surface area contributed by atoms with E-state index in [1.165, 1.54) is 18.2 Å². The highest BCUT2D eigenvalue weighted by Crippen LogP contribution is 2.20. The predicted molar refractivity (Wildman–Crippen MR) is 82.7 cm³/mol. The molecular weight excluding hydrogens is 319 g/mol. The van der Waals surface area contributed by atoms with Gasteiger partial charge in [0.25, 0.3) is 0 Å². The van der Waals surface area contributed by atoms with Crippen LogP contribution >= 0.6 is 0 Å². The molecule has 2 heterocycles. The largest absolute Gasteiger partial charge is 0.314 e. The van der Waals surface area contributed by atoms with Gasteiger partial charge in [-0.05, 0) is 38.0 Å². The van der Waals surface area contributed by atoms with Crippen molar-refractivity contribution in [3.63, 3.8) is 0 Å². The molecule has 0 radical (unpaired) electrons. The van der Waals surface area contributed by atoms with E-state index in [1.54, 1.807) is 6.92 Å². The van der Waals surface area contributed by atoms with Crippen LogP contribution in [-0.4, -0.2) is 23.2 Å². The Labute approximate surface area is 134 Å². The van der Waals surface area contributed by atoms with E-state index < -0.39 is 21.9 Å². The molecule has 1 atom stereocenters. The maximum atomic E-state index is 13.3. The fourth-order valence-corrected chi connectivity index (χ4v) is 4.05. The highest BCUT2D eigenvalue weighted by molar-refractivity contribution is 7.89. The van der Waals surface area contributed by atoms with E-state index in [2.05, 4.69) is 14.9 Å². The van der Waals surface area contributed by atoms with Gasteiger partial charge >= 0.3 is 0 Å². The lowest BCUT2D eigenvalue weighted by Crippen LogP contribution is -2.29. The smallest absolute Gasteiger partial charge is 0.241 e. The van der Waals surface area contributed by atoms with Crippen LogP contribution in [0.3, 0.4) is 0 Å². The molecule has 1 aromatic carbocycles. The van der Waals surface area contributed by atoms with Crippen LogP contribution in [0.2, 0.25) is 0 Å². The van der Waals surface area contributed by atoms with Crippen LogP contribution in [0.5, 0.6) is 0 Å². The number of aryl methyl sites for hydroxylation is 1. The minimum Gasteiger partial charge on any atom is -0.314 e. The van der Waals surface area contributed by atoms with Gasteiger partial charge in [0.1, 0.15) is 11.6 Å². The SMILES string of the molecule is C[C@@H](NS(=O)(=O)c1cccc(F)c1)c1nnc2n1CCCCC2. The van der Waals surface area contributed by atoms with Crippen molar-refractivity contribution in [3.05, 3.63) is 41.7 Å². The minimum atomic E-state index is -3.81. The molecule has 0 aliphatic carbocycles. The zero-order chi connectivity index (χ0) is 16.4. The fraction of sp³-hybridized carbons (Fsp3) is 0.467. The number of benzene rings is 1. The molecule has 2 aromatic rings. The van der Waals surface area contributed by atoms with E-state index in [-0.39, 0.29) is 4.90 Å². The first-order chi connectivity index (χ1) is 11.0. The van der Waals surface area contributed by atoms with Gasteiger partial charge in [-0.3, -0.25) is 0 Å². The monoisotopic (exact) mass is 338 g/mol. The van der Waals surface area contributed by atoms with Crippen molar-refractivity contribution in [2.75, 3.05) is 0 Å². The minimum absolute atomic E-state index is 0.0973. The summed E-state index contributed by atoms with van der Waals surface area (Å²) < 4.78 is 42.6. The molecule has 23 heavy (non-hydrogen) atoms. The van der Waals surface area contributed by atoms with Gasteiger partial charge in [0, 0.05) is 13.0 Å². The Balaban J connectivity index is 1.84. The molecule has 8 heteroatoms. The van der Waals surface area contributed by atoms with Gasteiger partial charge in [0.15, 0.2) is 5.82 Å². The first kappa shape index (κ1) is 16.1. The quantitative estimate of drug-likeness (QED) is 0.927. The molecular formula is C15H19FN4O2S. The number of nitrogens with one attached hydrogen (secondary N) is 1. The first-order valence-electron chi connectivity index (χ1n) is 7.67. The van der Waals surface area contributed by atoms with Crippen LogP contribution in [0.25, 0.3) is 0 Å². The van der Waals surface area contributed by atoms with Gasteiger partial charge in [-0.1, -0.05) is 12.5 Å². The van der Waals surface area contributed by atoms with Crippen LogP contribution in [0.1, 0.15) is 43.9 Å². The summed E-state index contributed by atoms with van der Waals surface area (Å²) in [4.78, 5) is -0.0973. The Morgan fingerprint density at radius 3 is 2.87 bits per heavy atom. The van der Waals surface area contributed by atoms with Gasteiger partial charge in [-0.15, -0.1) is 10.2 Å². The maximum absolute atomic E-state index is 13.3. The van der Waals surface area contributed by atoms with E-state index in [9.17, 15) is 12.8 Å². The number of fused-ring (bicyclic) bond motifs is 1. The number of halogens is 1. The van der Waals surface area contributed by atoms with E-state index in [0.717, 1.165) is 44.1 Å². The zero-order valence-corrected chi connectivity index (χ0v) is 13.7. The Morgan fingerprint density at radius 2 is 2.09 bits per heavy atom. The van der Waals surface area contributed by atoms with Crippen molar-refractivity contribution in [1.29, 1.82) is 0 Å². The molecule has 0 bridgehead atoms. The van der Waals surface area contributed by atoms with Gasteiger partial charge in [0.05, 0.1) is 10.9 Å². The standard InChI is InChI=1S/C15H19FN4O2S/c1-11(15-18-17-14-8-3-2-4-9-20(14)15)19-23(21,22)13-7-5-6-12(16)10-13/h5-7,10-11,19H,2-4,8-9H2,1H3/t11-/m1/s1. The molecule has 6 nitrogen and oxygen atoms in total. The van der Waals surface area contributed by atoms with Gasteiger partial charge < -0.3 is 4.57 Å². The molecule has 0 fully saturated rings. The summed E-state index contributed by atoms with van der Waals surface area (Å²) in [7, 11) is -3.81. The summed E-state index contributed by atoms with van der Waals surface area (Å²) in [6, 6.07) is 4.41. The van der Waals surface area contributed by atoms with E-state index in [1.807, 2.05) is 4.57 Å². The van der Waals surface area contributed by atoms with Gasteiger partial charge in [-0.25, -0.2) is 17.5 Å². The van der Waals surface area contributed by atoms with Gasteiger partial charge in [-0.2, -0.15) is 0 Å². The molecule has 0 saturated heterocycles. The molecule has 1 aliphatic rings. The summed E-state index contributed by atoms with van der Waals surface area (Å²) in [6.45, 7) is 2.52. The molecule has 124 valence electrons. The summed E-state index contributed by atoms with van der Waals surface area (Å²) >= 11 is 0. The van der Waals surface area contributed by atoms with Crippen LogP contribution in [0.15, 0.2) is 29.2 Å². The average Bonchev–Trinajstić information content (AvgIpc) is 2.76. The average molecular weight is 338 g/mol. The van der Waals surface area contributed by atoms with Crippen molar-refractivity contribution >= 4 is 10.0 Å².